The standard InChI is InChI=1S/2C15H20ClN5.2C3H6O.4Ag.4ClHO4.2H2O/c2*1-5-9-20(10-6-2)14-17-13(16)18-15(19-14)21(11-7-3)12-8-4;2*1-3(2)4;;;;;4*2-1(3,4)5;;/h2*5-8H,1-4,9-12H2;2*1-2H3;;;;;4*(H,2,3,4,5);2*1H2/q;;;;4*+1;;;;;;/p-2. The van der Waals surface area contributed by atoms with E-state index in [1.54, 1.807) is 48.6 Å². The summed E-state index contributed by atoms with van der Waals surface area (Å²) in [5.41, 5.74) is 0. The van der Waals surface area contributed by atoms with Crippen LogP contribution in [-0.4, -0.2) is 93.8 Å². The van der Waals surface area contributed by atoms with Crippen molar-refractivity contribution >= 4 is 58.6 Å². The Bertz CT molecular complexity index is 1560. The molecule has 0 aromatic carbocycles. The van der Waals surface area contributed by atoms with Gasteiger partial charge < -0.3 is 40.1 Å². The quantitative estimate of drug-likeness (QED) is 0.0675. The number of hydrogen-bond acceptors (Lipinski definition) is 28. The topological polar surface area (TPSA) is 559 Å². The Hall–Kier alpha value is -1.54. The van der Waals surface area contributed by atoms with Gasteiger partial charge in [-0.1, -0.05) is 48.6 Å². The van der Waals surface area contributed by atoms with Crippen molar-refractivity contribution < 1.29 is 226 Å². The summed E-state index contributed by atoms with van der Waals surface area (Å²) in [6.07, 6.45) is 14.2. The molecule has 0 saturated carbocycles. The molecule has 0 aliphatic carbocycles. The number of halogens is 6. The number of aromatic nitrogens is 6. The first kappa shape index (κ1) is 103. The SMILES string of the molecule is C=CCN(CC=C)c1nc(Cl)nc(N(CC=C)CC=C)n1.C=CCN(CC=C)c1nc(Cl)nc(N(CC=C)CC=C)n1.CC(C)=O.CC(C)=O.[Ag+].[Ag+].[Ag+].[Ag+].[O-][Cl+3]([O-])([O-])[O-].[O-][Cl+3]([O-])([O-])[O-].[O-][Cl+3]([O-])([O-])[O-].[O-][Cl+3]([O-])([O-])[O-].[OH3+].[OH3+]. The van der Waals surface area contributed by atoms with E-state index in [4.69, 9.17) is 97.7 Å². The van der Waals surface area contributed by atoms with Crippen LogP contribution in [0.2, 0.25) is 10.6 Å². The molecule has 2 heterocycles. The molecular weight excluding hydrogens is 1540 g/mol. The Morgan fingerprint density at radius 3 is 0.526 bits per heavy atom. The zero-order valence-corrected chi connectivity index (χ0v) is 50.8. The van der Waals surface area contributed by atoms with E-state index in [0.717, 1.165) is 0 Å². The second-order valence-corrected chi connectivity index (χ2v) is 15.4. The maximum atomic E-state index is 9.44. The number of anilines is 4. The van der Waals surface area contributed by atoms with Gasteiger partial charge in [0.15, 0.2) is 0 Å². The fraction of sp³-hybridized carbons (Fsp3) is 0.333. The van der Waals surface area contributed by atoms with Crippen molar-refractivity contribution in [3.05, 3.63) is 112 Å². The molecule has 76 heavy (non-hydrogen) atoms. The van der Waals surface area contributed by atoms with Crippen LogP contribution < -0.4 is 94.1 Å². The Balaban J connectivity index is -0.0000000686. The predicted octanol–water partition coefficient (Wildman–Crippen LogP) is -13.9. The molecule has 456 valence electrons. The van der Waals surface area contributed by atoms with Gasteiger partial charge in [0.2, 0.25) is 34.4 Å². The molecule has 0 spiro atoms. The average molecular weight is 1600 g/mol. The number of Topliss-reactive ketones (excluding diaryl/α,β-unsaturated/α-hetero) is 2. The third-order valence-corrected chi connectivity index (χ3v) is 5.43. The van der Waals surface area contributed by atoms with Crippen LogP contribution in [0, 0.1) is 41.0 Å². The summed E-state index contributed by atoms with van der Waals surface area (Å²) < 4.78 is 136. The molecule has 2 aromatic rings. The molecule has 0 radical (unpaired) electrons. The smallest absolute Gasteiger partial charge is 0.457 e. The van der Waals surface area contributed by atoms with E-state index in [1.165, 1.54) is 27.7 Å². The van der Waals surface area contributed by atoms with E-state index in [9.17, 15) is 9.59 Å². The number of hydrogen-bond donors (Lipinski definition) is 0. The van der Waals surface area contributed by atoms with Crippen molar-refractivity contribution in [3.63, 3.8) is 0 Å². The predicted molar refractivity (Wildman–Crippen MR) is 223 cm³/mol. The minimum Gasteiger partial charge on any atom is -0.457 e. The number of nitrogens with zero attached hydrogens (tertiary/aromatic N) is 10. The molecule has 6 N–H and O–H groups in total. The molecule has 2 rings (SSSR count). The third-order valence-electron chi connectivity index (χ3n) is 5.10. The monoisotopic (exact) mass is 1590 g/mol. The van der Waals surface area contributed by atoms with Gasteiger partial charge in [0.25, 0.3) is 0 Å². The van der Waals surface area contributed by atoms with Crippen LogP contribution in [0.1, 0.15) is 27.7 Å². The average Bonchev–Trinajstić information content (AvgIpc) is 3.14. The van der Waals surface area contributed by atoms with Crippen LogP contribution in [0.4, 0.5) is 23.8 Å². The summed E-state index contributed by atoms with van der Waals surface area (Å²) >= 11 is 12.0. The van der Waals surface area contributed by atoms with Crippen LogP contribution in [0.15, 0.2) is 101 Å². The van der Waals surface area contributed by atoms with Gasteiger partial charge in [0.05, 0.1) is 0 Å². The molecule has 40 heteroatoms. The van der Waals surface area contributed by atoms with E-state index < -0.39 is 41.0 Å². The van der Waals surface area contributed by atoms with Crippen molar-refractivity contribution in [1.29, 1.82) is 0 Å². The molecule has 0 bridgehead atoms. The molecule has 0 fully saturated rings. The number of ketones is 2. The minimum absolute atomic E-state index is 0. The molecule has 0 amide bonds. The van der Waals surface area contributed by atoms with E-state index in [2.05, 4.69) is 82.5 Å². The number of carbonyl (C=O) groups is 2. The van der Waals surface area contributed by atoms with E-state index >= 15 is 0 Å². The Kier molecular flexibility index (Phi) is 80.7. The van der Waals surface area contributed by atoms with Gasteiger partial charge in [-0.2, -0.15) is 29.9 Å². The van der Waals surface area contributed by atoms with Crippen LogP contribution in [0.5, 0.6) is 0 Å². The van der Waals surface area contributed by atoms with Gasteiger partial charge >= 0.3 is 89.5 Å². The molecular formula is C36H58Ag4Cl6N10O20+2. The molecule has 0 saturated heterocycles. The largest absolute Gasteiger partial charge is 1.00 e. The fourth-order valence-corrected chi connectivity index (χ4v) is 3.73. The number of carbonyl (C=O) groups excluding carboxylic acids is 2. The third kappa shape index (κ3) is 94.8. The van der Waals surface area contributed by atoms with Crippen LogP contribution in [0.3, 0.4) is 0 Å². The van der Waals surface area contributed by atoms with Gasteiger partial charge in [-0.05, 0) is 50.9 Å². The van der Waals surface area contributed by atoms with Gasteiger partial charge in [-0.25, -0.2) is 74.5 Å². The first-order valence-electron chi connectivity index (χ1n) is 17.9. The Morgan fingerprint density at radius 1 is 0.355 bits per heavy atom. The maximum absolute atomic E-state index is 9.44. The van der Waals surface area contributed by atoms with Crippen molar-refractivity contribution in [3.8, 4) is 0 Å². The fourth-order valence-electron chi connectivity index (χ4n) is 3.42. The summed E-state index contributed by atoms with van der Waals surface area (Å²) in [6, 6.07) is 0. The molecule has 0 atom stereocenters. The van der Waals surface area contributed by atoms with Crippen molar-refractivity contribution in [1.82, 2.24) is 29.9 Å². The van der Waals surface area contributed by atoms with Crippen LogP contribution in [-0.2, 0) is 110 Å². The van der Waals surface area contributed by atoms with E-state index in [-0.39, 0.29) is 123 Å². The molecule has 0 unspecified atom stereocenters. The maximum Gasteiger partial charge on any atom is 1.00 e. The number of rotatable bonds is 20. The van der Waals surface area contributed by atoms with E-state index in [1.807, 2.05) is 19.6 Å². The zero-order valence-electron chi connectivity index (χ0n) is 40.4. The summed E-state index contributed by atoms with van der Waals surface area (Å²) in [4.78, 5) is 52.1. The normalized spacial score (nSPS) is 9.24. The first-order chi connectivity index (χ1) is 31.8. The van der Waals surface area contributed by atoms with Crippen LogP contribution >= 0.6 is 23.2 Å². The Labute approximate surface area is 520 Å². The van der Waals surface area contributed by atoms with Crippen molar-refractivity contribution in [2.75, 3.05) is 72.0 Å². The molecule has 0 aliphatic rings. The summed E-state index contributed by atoms with van der Waals surface area (Å²) in [7, 11) is -19.8. The molecule has 0 aliphatic heterocycles. The summed E-state index contributed by atoms with van der Waals surface area (Å²) in [5.74, 6) is 2.29. The zero-order chi connectivity index (χ0) is 56.5. The van der Waals surface area contributed by atoms with Crippen molar-refractivity contribution in [2.45, 2.75) is 27.7 Å². The first-order valence-corrected chi connectivity index (χ1v) is 23.6. The van der Waals surface area contributed by atoms with E-state index in [0.29, 0.717) is 76.2 Å². The van der Waals surface area contributed by atoms with Gasteiger partial charge in [0.1, 0.15) is 11.6 Å². The van der Waals surface area contributed by atoms with Gasteiger partial charge in [0, 0.05) is 52.4 Å². The second kappa shape index (κ2) is 59.6. The minimum atomic E-state index is -4.94. The van der Waals surface area contributed by atoms with Gasteiger partial charge in [-0.3, -0.25) is 0 Å². The Morgan fingerprint density at radius 2 is 0.447 bits per heavy atom. The summed E-state index contributed by atoms with van der Waals surface area (Å²) in [5, 5.41) is 0.289. The van der Waals surface area contributed by atoms with Crippen LogP contribution in [0.25, 0.3) is 0 Å². The molecule has 2 aromatic heterocycles. The second-order valence-electron chi connectivity index (χ2n) is 11.7. The van der Waals surface area contributed by atoms with Gasteiger partial charge in [-0.15, -0.1) is 93.6 Å². The van der Waals surface area contributed by atoms with Crippen molar-refractivity contribution in [2.24, 2.45) is 0 Å². The molecule has 30 nitrogen and oxygen atoms in total. The summed E-state index contributed by atoms with van der Waals surface area (Å²) in [6.45, 7) is 40.7.